The van der Waals surface area contributed by atoms with E-state index in [1.807, 2.05) is 59.1 Å². The number of carbonyl (C=O) groups is 1. The average molecular weight is 543 g/mol. The van der Waals surface area contributed by atoms with Gasteiger partial charge < -0.3 is 10.0 Å². The Morgan fingerprint density at radius 1 is 1.17 bits per heavy atom. The molecule has 0 bridgehead atoms. The third-order valence-corrected chi connectivity index (χ3v) is 7.93. The smallest absolute Gasteiger partial charge is 0.319 e. The van der Waals surface area contributed by atoms with Gasteiger partial charge in [0.2, 0.25) is 5.95 Å². The summed E-state index contributed by atoms with van der Waals surface area (Å²) in [6.45, 7) is 6.67. The van der Waals surface area contributed by atoms with Crippen LogP contribution >= 0.6 is 34.7 Å². The van der Waals surface area contributed by atoms with Gasteiger partial charge in [-0.25, -0.2) is 19.6 Å². The van der Waals surface area contributed by atoms with Crippen LogP contribution < -0.4 is 4.90 Å². The van der Waals surface area contributed by atoms with E-state index in [2.05, 4.69) is 31.9 Å². The highest BCUT2D eigenvalue weighted by atomic mass is 35.5. The normalized spacial score (nSPS) is 11.6. The second-order valence-corrected chi connectivity index (χ2v) is 11.9. The average Bonchev–Trinajstić information content (AvgIpc) is 3.51. The number of benzene rings is 1. The maximum absolute atomic E-state index is 11.5. The van der Waals surface area contributed by atoms with E-state index in [9.17, 15) is 9.90 Å². The minimum atomic E-state index is -0.930. The lowest BCUT2D eigenvalue weighted by Gasteiger charge is -2.21. The Morgan fingerprint density at radius 3 is 2.56 bits per heavy atom. The summed E-state index contributed by atoms with van der Waals surface area (Å²) in [5.41, 5.74) is 3.94. The molecule has 0 unspecified atom stereocenters. The van der Waals surface area contributed by atoms with Gasteiger partial charge >= 0.3 is 5.97 Å². The van der Waals surface area contributed by atoms with Crippen LogP contribution in [0.1, 0.15) is 37.6 Å². The van der Waals surface area contributed by atoms with Crippen molar-refractivity contribution in [2.75, 3.05) is 11.4 Å². The number of thiazole rings is 1. The molecule has 0 saturated carbocycles. The van der Waals surface area contributed by atoms with Crippen molar-refractivity contribution in [2.45, 2.75) is 49.2 Å². The van der Waals surface area contributed by atoms with E-state index in [1.54, 1.807) is 13.8 Å². The van der Waals surface area contributed by atoms with Crippen molar-refractivity contribution >= 4 is 46.6 Å². The van der Waals surface area contributed by atoms with Gasteiger partial charge in [-0.3, -0.25) is 4.79 Å². The highest BCUT2D eigenvalue weighted by Crippen LogP contribution is 2.34. The lowest BCUT2D eigenvalue weighted by atomic mass is 10.2. The van der Waals surface area contributed by atoms with Crippen molar-refractivity contribution in [3.63, 3.8) is 0 Å². The Kier molecular flexibility index (Phi) is 8.28. The van der Waals surface area contributed by atoms with Crippen molar-refractivity contribution in [1.29, 1.82) is 0 Å². The standard InChI is InChI=1S/C25H27ClN6O2S2/c1-4-17-11-27-23(28-12-17)31(10-9-20-16-35-24(30-20)36-25(2,3)22(33)34)14-18-13-29-32(15-18)21-7-5-19(26)6-8-21/h5-8,11-13,15-16H,4,9-10,14H2,1-3H3,(H,33,34). The topological polar surface area (TPSA) is 97.0 Å². The maximum Gasteiger partial charge on any atom is 0.319 e. The summed E-state index contributed by atoms with van der Waals surface area (Å²) in [6, 6.07) is 7.52. The summed E-state index contributed by atoms with van der Waals surface area (Å²) in [4.78, 5) is 27.4. The zero-order valence-corrected chi connectivity index (χ0v) is 22.6. The van der Waals surface area contributed by atoms with Gasteiger partial charge in [-0.2, -0.15) is 5.10 Å². The molecule has 8 nitrogen and oxygen atoms in total. The number of nitrogens with zero attached hydrogens (tertiary/aromatic N) is 6. The molecule has 36 heavy (non-hydrogen) atoms. The summed E-state index contributed by atoms with van der Waals surface area (Å²) in [5, 5.41) is 16.6. The molecule has 0 aliphatic heterocycles. The van der Waals surface area contributed by atoms with Crippen LogP contribution in [-0.2, 0) is 24.2 Å². The largest absolute Gasteiger partial charge is 0.480 e. The monoisotopic (exact) mass is 542 g/mol. The molecule has 11 heteroatoms. The van der Waals surface area contributed by atoms with Crippen LogP contribution in [-0.4, -0.2) is 47.1 Å². The van der Waals surface area contributed by atoms with Gasteiger partial charge in [-0.05, 0) is 50.1 Å². The van der Waals surface area contributed by atoms with Crippen molar-refractivity contribution in [1.82, 2.24) is 24.7 Å². The van der Waals surface area contributed by atoms with E-state index in [1.165, 1.54) is 23.1 Å². The molecule has 0 aliphatic rings. The predicted octanol–water partition coefficient (Wildman–Crippen LogP) is 5.54. The second kappa shape index (κ2) is 11.4. The van der Waals surface area contributed by atoms with Gasteiger partial charge in [0.1, 0.15) is 4.75 Å². The first kappa shape index (κ1) is 26.1. The number of hydrogen-bond acceptors (Lipinski definition) is 8. The molecule has 4 aromatic rings. The Hall–Kier alpha value is -2.95. The Bertz CT molecular complexity index is 1300. The lowest BCUT2D eigenvalue weighted by molar-refractivity contribution is -0.138. The predicted molar refractivity (Wildman–Crippen MR) is 144 cm³/mol. The molecule has 1 aromatic carbocycles. The SMILES string of the molecule is CCc1cnc(N(CCc2csc(SC(C)(C)C(=O)O)n2)Cc2cnn(-c3ccc(Cl)cc3)c2)nc1. The highest BCUT2D eigenvalue weighted by molar-refractivity contribution is 8.03. The molecule has 0 amide bonds. The minimum absolute atomic E-state index is 0.580. The zero-order chi connectivity index (χ0) is 25.7. The summed E-state index contributed by atoms with van der Waals surface area (Å²) in [7, 11) is 0. The van der Waals surface area contributed by atoms with E-state index < -0.39 is 10.7 Å². The molecule has 3 aromatic heterocycles. The number of aryl methyl sites for hydroxylation is 1. The van der Waals surface area contributed by atoms with Gasteiger partial charge in [0.15, 0.2) is 4.34 Å². The number of thioether (sulfide) groups is 1. The van der Waals surface area contributed by atoms with Crippen LogP contribution in [0.2, 0.25) is 5.02 Å². The molecule has 4 rings (SSSR count). The van der Waals surface area contributed by atoms with E-state index in [-0.39, 0.29) is 0 Å². The summed E-state index contributed by atoms with van der Waals surface area (Å²) >= 11 is 8.74. The number of anilines is 1. The first-order valence-corrected chi connectivity index (χ1v) is 13.5. The van der Waals surface area contributed by atoms with Crippen LogP contribution in [0.25, 0.3) is 5.69 Å². The molecular formula is C25H27ClN6O2S2. The summed E-state index contributed by atoms with van der Waals surface area (Å²) < 4.78 is 1.64. The molecule has 0 radical (unpaired) electrons. The molecule has 1 N–H and O–H groups in total. The van der Waals surface area contributed by atoms with Crippen molar-refractivity contribution < 1.29 is 9.90 Å². The minimum Gasteiger partial charge on any atom is -0.480 e. The molecule has 0 fully saturated rings. The number of hydrogen-bond donors (Lipinski definition) is 1. The fourth-order valence-electron chi connectivity index (χ4n) is 3.30. The summed E-state index contributed by atoms with van der Waals surface area (Å²) in [5.74, 6) is -0.217. The molecule has 0 saturated heterocycles. The molecule has 0 aliphatic carbocycles. The third kappa shape index (κ3) is 6.63. The fourth-order valence-corrected chi connectivity index (χ4v) is 5.65. The number of carboxylic acids is 1. The van der Waals surface area contributed by atoms with Crippen LogP contribution in [0.3, 0.4) is 0 Å². The molecular weight excluding hydrogens is 516 g/mol. The first-order valence-electron chi connectivity index (χ1n) is 11.5. The zero-order valence-electron chi connectivity index (χ0n) is 20.3. The van der Waals surface area contributed by atoms with Gasteiger partial charge in [0.05, 0.1) is 17.6 Å². The maximum atomic E-state index is 11.5. The first-order chi connectivity index (χ1) is 17.2. The lowest BCUT2D eigenvalue weighted by Crippen LogP contribution is -2.27. The Morgan fingerprint density at radius 2 is 1.89 bits per heavy atom. The van der Waals surface area contributed by atoms with Gasteiger partial charge in [0, 0.05) is 54.1 Å². The van der Waals surface area contributed by atoms with Crippen molar-refractivity contribution in [2.24, 2.45) is 0 Å². The van der Waals surface area contributed by atoms with Gasteiger partial charge in [-0.15, -0.1) is 11.3 Å². The van der Waals surface area contributed by atoms with E-state index >= 15 is 0 Å². The Balaban J connectivity index is 1.49. The van der Waals surface area contributed by atoms with Gasteiger partial charge in [-0.1, -0.05) is 30.3 Å². The number of carboxylic acid groups (broad SMARTS) is 1. The Labute approximate surface area is 223 Å². The number of aliphatic carboxylic acids is 1. The molecule has 0 spiro atoms. The van der Waals surface area contributed by atoms with Crippen molar-refractivity contribution in [3.8, 4) is 5.69 Å². The quantitative estimate of drug-likeness (QED) is 0.247. The van der Waals surface area contributed by atoms with Crippen LogP contribution in [0.15, 0.2) is 58.8 Å². The third-order valence-electron chi connectivity index (χ3n) is 5.51. The van der Waals surface area contributed by atoms with Crippen LogP contribution in [0, 0.1) is 0 Å². The van der Waals surface area contributed by atoms with E-state index in [0.29, 0.717) is 30.5 Å². The number of rotatable bonds is 11. The molecule has 188 valence electrons. The van der Waals surface area contributed by atoms with E-state index in [0.717, 1.165) is 33.3 Å². The van der Waals surface area contributed by atoms with Crippen LogP contribution in [0.4, 0.5) is 5.95 Å². The van der Waals surface area contributed by atoms with Gasteiger partial charge in [0.25, 0.3) is 0 Å². The van der Waals surface area contributed by atoms with Crippen LogP contribution in [0.5, 0.6) is 0 Å². The molecule has 0 atom stereocenters. The van der Waals surface area contributed by atoms with Crippen molar-refractivity contribution in [3.05, 3.63) is 76.3 Å². The number of halogens is 1. The second-order valence-electron chi connectivity index (χ2n) is 8.71. The van der Waals surface area contributed by atoms with E-state index in [4.69, 9.17) is 11.6 Å². The highest BCUT2D eigenvalue weighted by Gasteiger charge is 2.29. The number of aromatic nitrogens is 5. The fraction of sp³-hybridized carbons (Fsp3) is 0.320. The summed E-state index contributed by atoms with van der Waals surface area (Å²) in [6.07, 6.45) is 9.10. The molecule has 3 heterocycles.